The van der Waals surface area contributed by atoms with Gasteiger partial charge in [0.1, 0.15) is 0 Å². The van der Waals surface area contributed by atoms with E-state index >= 15 is 0 Å². The Hall–Kier alpha value is -2.89. The second-order valence-electron chi connectivity index (χ2n) is 5.29. The molecule has 0 aliphatic carbocycles. The summed E-state index contributed by atoms with van der Waals surface area (Å²) in [4.78, 5) is 21.8. The van der Waals surface area contributed by atoms with E-state index < -0.39 is 6.09 Å². The van der Waals surface area contributed by atoms with E-state index in [1.807, 2.05) is 6.92 Å². The molecule has 0 fully saturated rings. The quantitative estimate of drug-likeness (QED) is 0.789. The van der Waals surface area contributed by atoms with Crippen LogP contribution < -0.4 is 15.6 Å². The van der Waals surface area contributed by atoms with Crippen molar-refractivity contribution in [3.8, 4) is 0 Å². The van der Waals surface area contributed by atoms with Gasteiger partial charge in [-0.15, -0.1) is 0 Å². The summed E-state index contributed by atoms with van der Waals surface area (Å²) in [6.07, 6.45) is 4.88. The number of nitrogens with two attached hydrogens (primary N) is 1. The average molecular weight is 344 g/mol. The van der Waals surface area contributed by atoms with E-state index in [0.29, 0.717) is 12.1 Å². The summed E-state index contributed by atoms with van der Waals surface area (Å²) in [6, 6.07) is 13.8. The summed E-state index contributed by atoms with van der Waals surface area (Å²) in [5, 5.41) is 2.68. The Balaban J connectivity index is 0.000000293. The molecule has 6 nitrogen and oxygen atoms in total. The van der Waals surface area contributed by atoms with Crippen LogP contribution in [0.2, 0.25) is 0 Å². The van der Waals surface area contributed by atoms with Crippen molar-refractivity contribution in [2.45, 2.75) is 33.4 Å². The molecule has 3 N–H and O–H groups in total. The van der Waals surface area contributed by atoms with Gasteiger partial charge in [-0.05, 0) is 18.9 Å². The fraction of sp³-hybridized carbons (Fsp3) is 0.316. The van der Waals surface area contributed by atoms with Crippen LogP contribution in [0.4, 0.5) is 4.79 Å². The number of rotatable bonds is 6. The number of hydrogen-bond donors (Lipinski definition) is 2. The van der Waals surface area contributed by atoms with Crippen molar-refractivity contribution >= 4 is 12.0 Å². The monoisotopic (exact) mass is 344 g/mol. The maximum Gasteiger partial charge on any atom is 0.409 e. The number of nitrogens with zero attached hydrogens (tertiary/aromatic N) is 1. The van der Waals surface area contributed by atoms with Crippen LogP contribution in [0.1, 0.15) is 36.2 Å². The summed E-state index contributed by atoms with van der Waals surface area (Å²) in [5.74, 6) is -0.134. The number of carbonyl (C=O) groups is 2. The second-order valence-corrected chi connectivity index (χ2v) is 5.29. The van der Waals surface area contributed by atoms with Crippen molar-refractivity contribution in [2.24, 2.45) is 5.73 Å². The number of carbonyl (C=O) groups excluding carboxylic acids is 2. The van der Waals surface area contributed by atoms with Crippen molar-refractivity contribution in [2.75, 3.05) is 6.54 Å². The Labute approximate surface area is 148 Å². The first-order valence-corrected chi connectivity index (χ1v) is 8.30. The lowest BCUT2D eigenvalue weighted by molar-refractivity contribution is -0.727. The SMILES string of the molecule is CCCc1ccccc1.CCNC(=O)c1cc[n+](COC(N)=O)cc1. The minimum Gasteiger partial charge on any atom is -0.389 e. The number of nitrogens with one attached hydrogen (secondary N) is 1. The number of primary amides is 1. The molecular formula is C19H26N3O3+. The normalized spacial score (nSPS) is 9.52. The first kappa shape index (κ1) is 20.2. The van der Waals surface area contributed by atoms with E-state index in [1.165, 1.54) is 18.4 Å². The van der Waals surface area contributed by atoms with E-state index in [4.69, 9.17) is 5.73 Å². The van der Waals surface area contributed by atoms with Crippen molar-refractivity contribution in [3.63, 3.8) is 0 Å². The van der Waals surface area contributed by atoms with Gasteiger partial charge in [-0.1, -0.05) is 43.7 Å². The summed E-state index contributed by atoms with van der Waals surface area (Å²) < 4.78 is 6.17. The van der Waals surface area contributed by atoms with E-state index in [2.05, 4.69) is 47.3 Å². The summed E-state index contributed by atoms with van der Waals surface area (Å²) in [6.45, 7) is 4.66. The molecule has 1 aromatic carbocycles. The number of pyridine rings is 1. The van der Waals surface area contributed by atoms with Gasteiger partial charge in [0.25, 0.3) is 12.6 Å². The molecule has 2 aromatic rings. The van der Waals surface area contributed by atoms with Gasteiger partial charge < -0.3 is 15.8 Å². The van der Waals surface area contributed by atoms with Crippen molar-refractivity contribution in [3.05, 3.63) is 66.0 Å². The number of amides is 2. The number of aryl methyl sites for hydroxylation is 1. The molecular weight excluding hydrogens is 318 g/mol. The maximum atomic E-state index is 11.4. The number of ether oxygens (including phenoxy) is 1. The van der Waals surface area contributed by atoms with Gasteiger partial charge in [0.15, 0.2) is 12.4 Å². The standard InChI is InChI=1S/C10H13N3O3.C9H12/c1-2-12-9(14)8-3-5-13(6-4-8)7-16-10(11)15;1-2-6-9-7-4-3-5-8-9/h3-6H,2,7H2,1H3,(H2-,11,12,14,15);3-5,7-8H,2,6H2,1H3/p+1. The Morgan fingerprint density at radius 2 is 1.72 bits per heavy atom. The van der Waals surface area contributed by atoms with Crippen LogP contribution in [0.15, 0.2) is 54.9 Å². The van der Waals surface area contributed by atoms with Crippen molar-refractivity contribution in [1.29, 1.82) is 0 Å². The van der Waals surface area contributed by atoms with Crippen LogP contribution in [0, 0.1) is 0 Å². The van der Waals surface area contributed by atoms with Gasteiger partial charge in [0.05, 0.1) is 5.56 Å². The first-order valence-electron chi connectivity index (χ1n) is 8.30. The highest BCUT2D eigenvalue weighted by Gasteiger charge is 2.07. The predicted molar refractivity (Wildman–Crippen MR) is 95.7 cm³/mol. The maximum absolute atomic E-state index is 11.4. The summed E-state index contributed by atoms with van der Waals surface area (Å²) in [7, 11) is 0. The molecule has 2 rings (SSSR count). The smallest absolute Gasteiger partial charge is 0.389 e. The zero-order valence-corrected chi connectivity index (χ0v) is 14.8. The molecule has 0 unspecified atom stereocenters. The largest absolute Gasteiger partial charge is 0.409 e. The molecule has 0 aliphatic rings. The molecule has 0 atom stereocenters. The van der Waals surface area contributed by atoms with Crippen molar-refractivity contribution < 1.29 is 18.9 Å². The number of aromatic nitrogens is 1. The van der Waals surface area contributed by atoms with Gasteiger partial charge in [-0.2, -0.15) is 4.57 Å². The zero-order chi connectivity index (χ0) is 18.5. The molecule has 1 heterocycles. The van der Waals surface area contributed by atoms with Crippen LogP contribution in [-0.2, 0) is 17.9 Å². The van der Waals surface area contributed by atoms with E-state index in [1.54, 1.807) is 29.1 Å². The van der Waals surface area contributed by atoms with E-state index in [0.717, 1.165) is 0 Å². The molecule has 2 amide bonds. The third kappa shape index (κ3) is 8.50. The van der Waals surface area contributed by atoms with Crippen LogP contribution >= 0.6 is 0 Å². The van der Waals surface area contributed by atoms with Gasteiger partial charge in [-0.3, -0.25) is 4.79 Å². The fourth-order valence-corrected chi connectivity index (χ4v) is 2.03. The van der Waals surface area contributed by atoms with Gasteiger partial charge in [0.2, 0.25) is 0 Å². The summed E-state index contributed by atoms with van der Waals surface area (Å²) in [5.41, 5.74) is 6.82. The molecule has 134 valence electrons. The summed E-state index contributed by atoms with van der Waals surface area (Å²) >= 11 is 0. The van der Waals surface area contributed by atoms with Crippen LogP contribution in [-0.4, -0.2) is 18.5 Å². The fourth-order valence-electron chi connectivity index (χ4n) is 2.03. The highest BCUT2D eigenvalue weighted by atomic mass is 16.6. The molecule has 0 saturated heterocycles. The average Bonchev–Trinajstić information content (AvgIpc) is 2.62. The lowest BCUT2D eigenvalue weighted by atomic mass is 10.1. The topological polar surface area (TPSA) is 85.3 Å². The Morgan fingerprint density at radius 1 is 1.08 bits per heavy atom. The Bertz CT molecular complexity index is 643. The first-order chi connectivity index (χ1) is 12.1. The molecule has 0 saturated carbocycles. The third-order valence-electron chi connectivity index (χ3n) is 3.23. The molecule has 0 aliphatic heterocycles. The molecule has 1 aromatic heterocycles. The number of hydrogen-bond acceptors (Lipinski definition) is 3. The van der Waals surface area contributed by atoms with E-state index in [-0.39, 0.29) is 12.6 Å². The van der Waals surface area contributed by atoms with E-state index in [9.17, 15) is 9.59 Å². The lowest BCUT2D eigenvalue weighted by Gasteiger charge is -2.01. The van der Waals surface area contributed by atoms with Crippen LogP contribution in [0.5, 0.6) is 0 Å². The Morgan fingerprint density at radius 3 is 2.24 bits per heavy atom. The lowest BCUT2D eigenvalue weighted by Crippen LogP contribution is -2.37. The van der Waals surface area contributed by atoms with Crippen LogP contribution in [0.25, 0.3) is 0 Å². The minimum atomic E-state index is -0.833. The number of benzene rings is 1. The molecule has 0 bridgehead atoms. The van der Waals surface area contributed by atoms with Gasteiger partial charge in [0, 0.05) is 18.7 Å². The molecule has 25 heavy (non-hydrogen) atoms. The molecule has 0 radical (unpaired) electrons. The zero-order valence-electron chi connectivity index (χ0n) is 14.8. The van der Waals surface area contributed by atoms with Crippen LogP contribution in [0.3, 0.4) is 0 Å². The van der Waals surface area contributed by atoms with Gasteiger partial charge in [-0.25, -0.2) is 4.79 Å². The Kier molecular flexibility index (Phi) is 9.36. The molecule has 6 heteroatoms. The highest BCUT2D eigenvalue weighted by molar-refractivity contribution is 5.93. The third-order valence-corrected chi connectivity index (χ3v) is 3.23. The van der Waals surface area contributed by atoms with Crippen molar-refractivity contribution in [1.82, 2.24) is 5.32 Å². The van der Waals surface area contributed by atoms with Gasteiger partial charge >= 0.3 is 6.09 Å². The second kappa shape index (κ2) is 11.6. The molecule has 0 spiro atoms. The predicted octanol–water partition coefficient (Wildman–Crippen LogP) is 2.42. The highest BCUT2D eigenvalue weighted by Crippen LogP contribution is 2.00. The minimum absolute atomic E-state index is 0.0327.